The Labute approximate surface area is 117 Å². The number of benzene rings is 1. The van der Waals surface area contributed by atoms with Crippen molar-refractivity contribution in [1.29, 1.82) is 5.26 Å². The molecule has 0 saturated heterocycles. The summed E-state index contributed by atoms with van der Waals surface area (Å²) in [7, 11) is 0. The number of rotatable bonds is 7. The van der Waals surface area contributed by atoms with E-state index in [2.05, 4.69) is 5.32 Å². The molecule has 0 aliphatic rings. The van der Waals surface area contributed by atoms with Gasteiger partial charge >= 0.3 is 5.97 Å². The molecule has 1 aromatic rings. The van der Waals surface area contributed by atoms with Crippen molar-refractivity contribution in [2.45, 2.75) is 13.3 Å². The number of likely N-dealkylation sites (N-methyl/N-ethyl adjacent to an activating group) is 1. The highest BCUT2D eigenvalue weighted by atomic mass is 16.4. The fourth-order valence-electron chi connectivity index (χ4n) is 1.67. The smallest absolute Gasteiger partial charge is 0.317 e. The molecule has 0 atom stereocenters. The molecule has 0 aliphatic heterocycles. The summed E-state index contributed by atoms with van der Waals surface area (Å²) in [5.74, 6) is -1.22. The van der Waals surface area contributed by atoms with Crippen molar-refractivity contribution in [3.05, 3.63) is 29.8 Å². The molecule has 0 radical (unpaired) electrons. The van der Waals surface area contributed by atoms with Gasteiger partial charge in [-0.2, -0.15) is 5.26 Å². The second-order valence-corrected chi connectivity index (χ2v) is 4.28. The molecule has 0 aromatic heterocycles. The summed E-state index contributed by atoms with van der Waals surface area (Å²) in [6.45, 7) is 2.15. The van der Waals surface area contributed by atoms with Gasteiger partial charge in [-0.15, -0.1) is 0 Å². The van der Waals surface area contributed by atoms with Crippen LogP contribution in [0.25, 0.3) is 0 Å². The van der Waals surface area contributed by atoms with E-state index in [9.17, 15) is 9.59 Å². The van der Waals surface area contributed by atoms with Gasteiger partial charge in [-0.25, -0.2) is 0 Å². The Morgan fingerprint density at radius 1 is 1.30 bits per heavy atom. The number of carbonyl (C=O) groups excluding carboxylic acids is 1. The van der Waals surface area contributed by atoms with Gasteiger partial charge in [0.05, 0.1) is 25.6 Å². The lowest BCUT2D eigenvalue weighted by molar-refractivity contribution is -0.138. The Balaban J connectivity index is 2.53. The van der Waals surface area contributed by atoms with E-state index in [1.54, 1.807) is 31.2 Å². The number of nitriles is 1. The Morgan fingerprint density at radius 3 is 2.45 bits per heavy atom. The van der Waals surface area contributed by atoms with E-state index in [0.717, 1.165) is 5.56 Å². The summed E-state index contributed by atoms with van der Waals surface area (Å²) in [5, 5.41) is 20.0. The maximum Gasteiger partial charge on any atom is 0.317 e. The summed E-state index contributed by atoms with van der Waals surface area (Å²) in [5.41, 5.74) is 1.51. The van der Waals surface area contributed by atoms with Gasteiger partial charge in [0.2, 0.25) is 5.91 Å². The van der Waals surface area contributed by atoms with E-state index < -0.39 is 5.97 Å². The Hall–Kier alpha value is -2.39. The SMILES string of the molecule is CCN(CC(=O)O)CC(=O)Nc1ccc(CC#N)cc1. The van der Waals surface area contributed by atoms with Crippen molar-refractivity contribution in [3.63, 3.8) is 0 Å². The van der Waals surface area contributed by atoms with Crippen LogP contribution in [-0.2, 0) is 16.0 Å². The number of nitrogens with one attached hydrogen (secondary N) is 1. The van der Waals surface area contributed by atoms with Crippen molar-refractivity contribution in [2.75, 3.05) is 25.0 Å². The van der Waals surface area contributed by atoms with Gasteiger partial charge in [-0.05, 0) is 24.2 Å². The van der Waals surface area contributed by atoms with Crippen LogP contribution in [0.2, 0.25) is 0 Å². The molecule has 2 N–H and O–H groups in total. The van der Waals surface area contributed by atoms with Crippen molar-refractivity contribution >= 4 is 17.6 Å². The van der Waals surface area contributed by atoms with E-state index in [4.69, 9.17) is 10.4 Å². The third-order valence-electron chi connectivity index (χ3n) is 2.69. The molecule has 1 aromatic carbocycles. The van der Waals surface area contributed by atoms with Gasteiger partial charge in [0.25, 0.3) is 0 Å². The highest BCUT2D eigenvalue weighted by Gasteiger charge is 2.12. The molecule has 1 amide bonds. The van der Waals surface area contributed by atoms with E-state index >= 15 is 0 Å². The van der Waals surface area contributed by atoms with Crippen LogP contribution in [-0.4, -0.2) is 41.5 Å². The van der Waals surface area contributed by atoms with E-state index in [0.29, 0.717) is 18.7 Å². The standard InChI is InChI=1S/C14H17N3O3/c1-2-17(10-14(19)20)9-13(18)16-12-5-3-11(4-6-12)7-8-15/h3-6H,2,7,9-10H2,1H3,(H,16,18)(H,19,20). The number of carboxylic acids is 1. The molecule has 0 heterocycles. The summed E-state index contributed by atoms with van der Waals surface area (Å²) in [4.78, 5) is 23.9. The summed E-state index contributed by atoms with van der Waals surface area (Å²) >= 11 is 0. The maximum atomic E-state index is 11.8. The van der Waals surface area contributed by atoms with Crippen LogP contribution in [0.5, 0.6) is 0 Å². The number of nitrogens with zero attached hydrogens (tertiary/aromatic N) is 2. The van der Waals surface area contributed by atoms with E-state index in [1.807, 2.05) is 6.07 Å². The minimum atomic E-state index is -0.958. The van der Waals surface area contributed by atoms with Crippen LogP contribution in [0.4, 0.5) is 5.69 Å². The Morgan fingerprint density at radius 2 is 1.95 bits per heavy atom. The number of amides is 1. The van der Waals surface area contributed by atoms with Crippen LogP contribution in [0, 0.1) is 11.3 Å². The van der Waals surface area contributed by atoms with Gasteiger partial charge in [0.1, 0.15) is 0 Å². The van der Waals surface area contributed by atoms with Crippen molar-refractivity contribution in [3.8, 4) is 6.07 Å². The first kappa shape index (κ1) is 15.7. The first-order valence-corrected chi connectivity index (χ1v) is 6.25. The molecule has 1 rings (SSSR count). The molecule has 0 aliphatic carbocycles. The molecular formula is C14H17N3O3. The van der Waals surface area contributed by atoms with Crippen molar-refractivity contribution in [2.24, 2.45) is 0 Å². The summed E-state index contributed by atoms with van der Waals surface area (Å²) in [6.07, 6.45) is 0.330. The number of carbonyl (C=O) groups is 2. The van der Waals surface area contributed by atoms with Gasteiger partial charge in [-0.1, -0.05) is 19.1 Å². The van der Waals surface area contributed by atoms with Crippen molar-refractivity contribution in [1.82, 2.24) is 4.90 Å². The zero-order chi connectivity index (χ0) is 15.0. The minimum Gasteiger partial charge on any atom is -0.480 e. The predicted octanol–water partition coefficient (Wildman–Crippen LogP) is 1.10. The quantitative estimate of drug-likeness (QED) is 0.777. The van der Waals surface area contributed by atoms with Crippen LogP contribution in [0.3, 0.4) is 0 Å². The third kappa shape index (κ3) is 5.50. The lowest BCUT2D eigenvalue weighted by atomic mass is 10.1. The first-order valence-electron chi connectivity index (χ1n) is 6.25. The van der Waals surface area contributed by atoms with Crippen LogP contribution < -0.4 is 5.32 Å². The highest BCUT2D eigenvalue weighted by Crippen LogP contribution is 2.09. The zero-order valence-electron chi connectivity index (χ0n) is 11.3. The molecule has 106 valence electrons. The fraction of sp³-hybridized carbons (Fsp3) is 0.357. The molecule has 20 heavy (non-hydrogen) atoms. The molecule has 6 heteroatoms. The largest absolute Gasteiger partial charge is 0.480 e. The van der Waals surface area contributed by atoms with Crippen LogP contribution in [0.1, 0.15) is 12.5 Å². The minimum absolute atomic E-state index is 0.0305. The van der Waals surface area contributed by atoms with Crippen LogP contribution >= 0.6 is 0 Å². The highest BCUT2D eigenvalue weighted by molar-refractivity contribution is 5.92. The number of hydrogen-bond donors (Lipinski definition) is 2. The molecular weight excluding hydrogens is 258 g/mol. The zero-order valence-corrected chi connectivity index (χ0v) is 11.3. The number of anilines is 1. The number of hydrogen-bond acceptors (Lipinski definition) is 4. The molecule has 0 fully saturated rings. The molecule has 0 unspecified atom stereocenters. The van der Waals surface area contributed by atoms with Gasteiger partial charge in [0.15, 0.2) is 0 Å². The molecule has 0 bridgehead atoms. The van der Waals surface area contributed by atoms with E-state index in [-0.39, 0.29) is 19.0 Å². The second kappa shape index (κ2) is 7.92. The Kier molecular flexibility index (Phi) is 6.20. The van der Waals surface area contributed by atoms with Crippen LogP contribution in [0.15, 0.2) is 24.3 Å². The summed E-state index contributed by atoms with van der Waals surface area (Å²) < 4.78 is 0. The second-order valence-electron chi connectivity index (χ2n) is 4.28. The topological polar surface area (TPSA) is 93.4 Å². The number of aliphatic carboxylic acids is 1. The van der Waals surface area contributed by atoms with E-state index in [1.165, 1.54) is 4.90 Å². The maximum absolute atomic E-state index is 11.8. The normalized spacial score (nSPS) is 10.1. The van der Waals surface area contributed by atoms with Gasteiger partial charge < -0.3 is 10.4 Å². The fourth-order valence-corrected chi connectivity index (χ4v) is 1.67. The first-order chi connectivity index (χ1) is 9.55. The molecule has 0 saturated carbocycles. The lowest BCUT2D eigenvalue weighted by Crippen LogP contribution is -2.36. The third-order valence-corrected chi connectivity index (χ3v) is 2.69. The van der Waals surface area contributed by atoms with Gasteiger partial charge in [0, 0.05) is 5.69 Å². The Bertz CT molecular complexity index is 505. The summed E-state index contributed by atoms with van der Waals surface area (Å²) in [6, 6.07) is 9.03. The predicted molar refractivity (Wildman–Crippen MR) is 74.1 cm³/mol. The average molecular weight is 275 g/mol. The van der Waals surface area contributed by atoms with Crippen molar-refractivity contribution < 1.29 is 14.7 Å². The monoisotopic (exact) mass is 275 g/mol. The lowest BCUT2D eigenvalue weighted by Gasteiger charge is -2.17. The number of carboxylic acid groups (broad SMARTS) is 1. The average Bonchev–Trinajstić information content (AvgIpc) is 2.40. The van der Waals surface area contributed by atoms with Gasteiger partial charge in [-0.3, -0.25) is 14.5 Å². The molecule has 6 nitrogen and oxygen atoms in total. The molecule has 0 spiro atoms.